The maximum Gasteiger partial charge on any atom is 0.325 e. The molecule has 0 heterocycles. The number of hydrogen-bond acceptors (Lipinski definition) is 4. The Labute approximate surface area is 96.0 Å². The van der Waals surface area contributed by atoms with Crippen molar-refractivity contribution in [2.45, 2.75) is 27.7 Å². The number of ether oxygens (including phenoxy) is 1. The normalized spacial score (nSPS) is 10.4. The second kappa shape index (κ2) is 6.11. The molecular weight excluding hydrogens is 208 g/mol. The zero-order chi connectivity index (χ0) is 12.8. The second-order valence-electron chi connectivity index (χ2n) is 3.86. The first-order valence-electron chi connectivity index (χ1n) is 5.25. The summed E-state index contributed by atoms with van der Waals surface area (Å²) in [6.45, 7) is 7.08. The van der Waals surface area contributed by atoms with Gasteiger partial charge in [-0.15, -0.1) is 0 Å². The van der Waals surface area contributed by atoms with Gasteiger partial charge >= 0.3 is 5.97 Å². The van der Waals surface area contributed by atoms with Crippen molar-refractivity contribution in [3.8, 4) is 6.07 Å². The van der Waals surface area contributed by atoms with Gasteiger partial charge in [0.1, 0.15) is 12.0 Å². The third-order valence-electron chi connectivity index (χ3n) is 2.11. The van der Waals surface area contributed by atoms with Crippen molar-refractivity contribution in [2.24, 2.45) is 5.41 Å². The van der Waals surface area contributed by atoms with E-state index < -0.39 is 11.4 Å². The highest BCUT2D eigenvalue weighted by Crippen LogP contribution is 2.17. The topological polar surface area (TPSA) is 70.4 Å². The van der Waals surface area contributed by atoms with Crippen LogP contribution in [0.25, 0.3) is 0 Å². The van der Waals surface area contributed by atoms with Gasteiger partial charge in [0.15, 0.2) is 0 Å². The molecule has 0 aliphatic rings. The van der Waals surface area contributed by atoms with Gasteiger partial charge in [-0.25, -0.2) is 0 Å². The second-order valence-corrected chi connectivity index (χ2v) is 3.86. The predicted molar refractivity (Wildman–Crippen MR) is 58.3 cm³/mol. The van der Waals surface area contributed by atoms with Gasteiger partial charge in [-0.1, -0.05) is 0 Å². The number of carbonyl (C=O) groups is 2. The van der Waals surface area contributed by atoms with Crippen LogP contribution in [0.5, 0.6) is 0 Å². The summed E-state index contributed by atoms with van der Waals surface area (Å²) in [7, 11) is 0. The van der Waals surface area contributed by atoms with Crippen molar-refractivity contribution in [1.82, 2.24) is 4.90 Å². The van der Waals surface area contributed by atoms with E-state index in [0.29, 0.717) is 6.54 Å². The highest BCUT2D eigenvalue weighted by atomic mass is 16.5. The minimum atomic E-state index is -1.11. The first-order valence-corrected chi connectivity index (χ1v) is 5.25. The van der Waals surface area contributed by atoms with Crippen LogP contribution in [0, 0.1) is 16.7 Å². The fourth-order valence-corrected chi connectivity index (χ4v) is 1.13. The summed E-state index contributed by atoms with van der Waals surface area (Å²) >= 11 is 0. The molecule has 0 radical (unpaired) electrons. The molecule has 0 aromatic heterocycles. The number of carbonyl (C=O) groups excluding carboxylic acids is 2. The lowest BCUT2D eigenvalue weighted by Crippen LogP contribution is -2.43. The Morgan fingerprint density at radius 2 is 1.94 bits per heavy atom. The molecule has 5 nitrogen and oxygen atoms in total. The van der Waals surface area contributed by atoms with E-state index in [2.05, 4.69) is 0 Å². The molecule has 1 amide bonds. The Balaban J connectivity index is 4.58. The number of esters is 1. The molecule has 0 spiro atoms. The molecule has 0 aromatic carbocycles. The number of amides is 1. The molecule has 0 atom stereocenters. The molecular formula is C11H18N2O3. The van der Waals surface area contributed by atoms with Crippen LogP contribution in [0.3, 0.4) is 0 Å². The zero-order valence-electron chi connectivity index (χ0n) is 10.2. The summed E-state index contributed by atoms with van der Waals surface area (Å²) in [5, 5.41) is 8.83. The van der Waals surface area contributed by atoms with Crippen molar-refractivity contribution in [3.05, 3.63) is 0 Å². The highest BCUT2D eigenvalue weighted by Gasteiger charge is 2.32. The van der Waals surface area contributed by atoms with E-state index in [9.17, 15) is 9.59 Å². The maximum atomic E-state index is 11.9. The summed E-state index contributed by atoms with van der Waals surface area (Å²) in [5.74, 6) is -0.808. The van der Waals surface area contributed by atoms with Gasteiger partial charge in [0.25, 0.3) is 0 Å². The Morgan fingerprint density at radius 3 is 2.31 bits per heavy atom. The van der Waals surface area contributed by atoms with E-state index in [1.807, 2.05) is 6.07 Å². The van der Waals surface area contributed by atoms with Gasteiger partial charge in [-0.05, 0) is 27.7 Å². The molecule has 0 rings (SSSR count). The summed E-state index contributed by atoms with van der Waals surface area (Å²) in [4.78, 5) is 24.4. The first kappa shape index (κ1) is 14.4. The molecule has 0 bridgehead atoms. The third kappa shape index (κ3) is 3.89. The van der Waals surface area contributed by atoms with Crippen LogP contribution in [0.15, 0.2) is 0 Å². The van der Waals surface area contributed by atoms with E-state index in [0.717, 1.165) is 0 Å². The smallest absolute Gasteiger partial charge is 0.325 e. The molecule has 0 fully saturated rings. The van der Waals surface area contributed by atoms with Crippen molar-refractivity contribution >= 4 is 11.9 Å². The van der Waals surface area contributed by atoms with Crippen LogP contribution < -0.4 is 0 Å². The molecule has 16 heavy (non-hydrogen) atoms. The van der Waals surface area contributed by atoms with E-state index in [4.69, 9.17) is 10.00 Å². The van der Waals surface area contributed by atoms with E-state index in [1.165, 1.54) is 18.7 Å². The van der Waals surface area contributed by atoms with Gasteiger partial charge < -0.3 is 9.64 Å². The van der Waals surface area contributed by atoms with E-state index >= 15 is 0 Å². The van der Waals surface area contributed by atoms with Gasteiger partial charge in [-0.3, -0.25) is 9.59 Å². The molecule has 0 aliphatic heterocycles. The number of nitriles is 1. The largest absolute Gasteiger partial charge is 0.465 e. The summed E-state index contributed by atoms with van der Waals surface area (Å²) in [6.07, 6.45) is 0. The minimum absolute atomic E-state index is 0.103. The highest BCUT2D eigenvalue weighted by molar-refractivity contribution is 5.87. The lowest BCUT2D eigenvalue weighted by molar-refractivity contribution is -0.150. The van der Waals surface area contributed by atoms with Crippen molar-refractivity contribution in [2.75, 3.05) is 19.7 Å². The Hall–Kier alpha value is -1.57. The maximum absolute atomic E-state index is 11.9. The van der Waals surface area contributed by atoms with Gasteiger partial charge in [0.2, 0.25) is 5.91 Å². The molecule has 0 unspecified atom stereocenters. The van der Waals surface area contributed by atoms with Crippen molar-refractivity contribution in [1.29, 1.82) is 5.26 Å². The quantitative estimate of drug-likeness (QED) is 0.654. The van der Waals surface area contributed by atoms with Crippen molar-refractivity contribution in [3.63, 3.8) is 0 Å². The van der Waals surface area contributed by atoms with Crippen LogP contribution in [-0.4, -0.2) is 36.5 Å². The SMILES string of the molecule is CCOC(=O)CN(CC)C(=O)C(C)(C)C#N. The van der Waals surface area contributed by atoms with Crippen molar-refractivity contribution < 1.29 is 14.3 Å². The third-order valence-corrected chi connectivity index (χ3v) is 2.11. The molecule has 0 aliphatic carbocycles. The van der Waals surface area contributed by atoms with Gasteiger partial charge in [-0.2, -0.15) is 5.26 Å². The van der Waals surface area contributed by atoms with Crippen LogP contribution in [0.1, 0.15) is 27.7 Å². The summed E-state index contributed by atoms with van der Waals surface area (Å²) in [5.41, 5.74) is -1.11. The van der Waals surface area contributed by atoms with E-state index in [1.54, 1.807) is 13.8 Å². The van der Waals surface area contributed by atoms with Gasteiger partial charge in [0, 0.05) is 6.54 Å². The molecule has 5 heteroatoms. The Kier molecular flexibility index (Phi) is 5.51. The zero-order valence-corrected chi connectivity index (χ0v) is 10.2. The Morgan fingerprint density at radius 1 is 1.38 bits per heavy atom. The minimum Gasteiger partial charge on any atom is -0.465 e. The average molecular weight is 226 g/mol. The van der Waals surface area contributed by atoms with Crippen LogP contribution in [0.4, 0.5) is 0 Å². The summed E-state index contributed by atoms with van der Waals surface area (Å²) in [6, 6.07) is 1.92. The number of rotatable bonds is 5. The molecule has 0 aromatic rings. The van der Waals surface area contributed by atoms with Crippen LogP contribution in [-0.2, 0) is 14.3 Å². The molecule has 0 saturated heterocycles. The number of nitrogens with zero attached hydrogens (tertiary/aromatic N) is 2. The predicted octanol–water partition coefficient (Wildman–Crippen LogP) is 0.948. The molecule has 0 saturated carbocycles. The fraction of sp³-hybridized carbons (Fsp3) is 0.727. The van der Waals surface area contributed by atoms with Gasteiger partial charge in [0.05, 0.1) is 12.7 Å². The Bertz CT molecular complexity index is 305. The summed E-state index contributed by atoms with van der Waals surface area (Å²) < 4.78 is 4.75. The fourth-order valence-electron chi connectivity index (χ4n) is 1.13. The standard InChI is InChI=1S/C11H18N2O3/c1-5-13(7-9(14)16-6-2)10(15)11(3,4)8-12/h5-7H2,1-4H3. The van der Waals surface area contributed by atoms with Crippen LogP contribution in [0.2, 0.25) is 0 Å². The van der Waals surface area contributed by atoms with E-state index in [-0.39, 0.29) is 19.1 Å². The lowest BCUT2D eigenvalue weighted by Gasteiger charge is -2.25. The lowest BCUT2D eigenvalue weighted by atomic mass is 9.94. The first-order chi connectivity index (χ1) is 7.38. The molecule has 90 valence electrons. The van der Waals surface area contributed by atoms with Crippen LogP contribution >= 0.6 is 0 Å². The molecule has 0 N–H and O–H groups in total. The number of hydrogen-bond donors (Lipinski definition) is 0. The number of likely N-dealkylation sites (N-methyl/N-ethyl adjacent to an activating group) is 1. The average Bonchev–Trinajstić information content (AvgIpc) is 2.25. The monoisotopic (exact) mass is 226 g/mol.